The monoisotopic (exact) mass is 433 g/mol. The molecule has 0 radical (unpaired) electrons. The smallest absolute Gasteiger partial charge is 0.418 e. The van der Waals surface area contributed by atoms with Crippen molar-refractivity contribution in [2.75, 3.05) is 11.1 Å². The van der Waals surface area contributed by atoms with E-state index in [-0.39, 0.29) is 10.9 Å². The summed E-state index contributed by atoms with van der Waals surface area (Å²) in [5, 5.41) is 21.0. The van der Waals surface area contributed by atoms with Crippen LogP contribution < -0.4 is 5.32 Å². The summed E-state index contributed by atoms with van der Waals surface area (Å²) in [7, 11) is 0. The van der Waals surface area contributed by atoms with Gasteiger partial charge in [0, 0.05) is 10.9 Å². The number of hydrogen-bond donors (Lipinski definition) is 3. The fourth-order valence-corrected chi connectivity index (χ4v) is 3.53. The van der Waals surface area contributed by atoms with Crippen molar-refractivity contribution in [2.24, 2.45) is 0 Å². The molecule has 0 aliphatic carbocycles. The number of phenols is 1. The number of carbonyl (C=O) groups excluding carboxylic acids is 1. The number of aromatic amines is 1. The molecule has 4 aromatic rings. The van der Waals surface area contributed by atoms with Crippen LogP contribution in [0.15, 0.2) is 41.6 Å². The van der Waals surface area contributed by atoms with Crippen LogP contribution in [0.25, 0.3) is 22.1 Å². The number of H-pyrrole nitrogens is 1. The Hall–Kier alpha value is -3.34. The third-order valence-electron chi connectivity index (χ3n) is 4.30. The number of hydrogen-bond acceptors (Lipinski definition) is 6. The first-order chi connectivity index (χ1) is 14.2. The molecule has 2 aromatic heterocycles. The Bertz CT molecular complexity index is 1270. The van der Waals surface area contributed by atoms with Gasteiger partial charge >= 0.3 is 6.18 Å². The standard InChI is InChI=1S/C19H14F3N5O2S/c1-9-5-6-12-10(7-9)15-17(23-12)25-18(27-26-15)30-8-14(29)24-16-11(19(20,21)22)3-2-4-13(16)28/h2-7,28H,8H2,1H3,(H,24,29)(H,23,25,27). The molecule has 0 aliphatic rings. The van der Waals surface area contributed by atoms with E-state index in [0.717, 1.165) is 46.4 Å². The Labute approximate surface area is 171 Å². The molecule has 0 unspecified atom stereocenters. The summed E-state index contributed by atoms with van der Waals surface area (Å²) in [6.45, 7) is 1.96. The number of alkyl halides is 3. The Morgan fingerprint density at radius 2 is 2.03 bits per heavy atom. The summed E-state index contributed by atoms with van der Waals surface area (Å²) >= 11 is 0.915. The van der Waals surface area contributed by atoms with Crippen molar-refractivity contribution in [3.05, 3.63) is 47.5 Å². The molecular weight excluding hydrogens is 419 g/mol. The van der Waals surface area contributed by atoms with Crippen LogP contribution in [0.1, 0.15) is 11.1 Å². The van der Waals surface area contributed by atoms with Gasteiger partial charge in [-0.25, -0.2) is 4.98 Å². The topological polar surface area (TPSA) is 104 Å². The molecule has 0 spiro atoms. The predicted molar refractivity (Wildman–Crippen MR) is 106 cm³/mol. The van der Waals surface area contributed by atoms with Crippen LogP contribution in [-0.2, 0) is 11.0 Å². The number of aryl methyl sites for hydroxylation is 1. The summed E-state index contributed by atoms with van der Waals surface area (Å²) in [5.41, 5.74) is 1.17. The molecule has 0 aliphatic heterocycles. The minimum absolute atomic E-state index is 0.189. The maximum absolute atomic E-state index is 13.1. The number of phenolic OH excluding ortho intramolecular Hbond substituents is 1. The number of para-hydroxylation sites is 1. The van der Waals surface area contributed by atoms with Gasteiger partial charge in [0.05, 0.1) is 17.0 Å². The first kappa shape index (κ1) is 20.0. The lowest BCUT2D eigenvalue weighted by Gasteiger charge is -2.14. The van der Waals surface area contributed by atoms with Gasteiger partial charge in [-0.2, -0.15) is 13.2 Å². The number of halogens is 3. The summed E-state index contributed by atoms with van der Waals surface area (Å²) in [6, 6.07) is 8.70. The molecule has 3 N–H and O–H groups in total. The third-order valence-corrected chi connectivity index (χ3v) is 5.13. The molecule has 2 aromatic carbocycles. The highest BCUT2D eigenvalue weighted by atomic mass is 32.2. The van der Waals surface area contributed by atoms with Gasteiger partial charge in [-0.05, 0) is 31.2 Å². The van der Waals surface area contributed by atoms with Crippen LogP contribution in [0.3, 0.4) is 0 Å². The highest BCUT2D eigenvalue weighted by molar-refractivity contribution is 7.99. The number of benzene rings is 2. The van der Waals surface area contributed by atoms with Crippen molar-refractivity contribution < 1.29 is 23.1 Å². The maximum atomic E-state index is 13.1. The van der Waals surface area contributed by atoms with Gasteiger partial charge in [-0.3, -0.25) is 4.79 Å². The highest BCUT2D eigenvalue weighted by Crippen LogP contribution is 2.39. The third kappa shape index (κ3) is 3.88. The van der Waals surface area contributed by atoms with E-state index in [2.05, 4.69) is 25.5 Å². The number of aromatic nitrogens is 4. The number of anilines is 1. The minimum atomic E-state index is -4.72. The van der Waals surface area contributed by atoms with E-state index >= 15 is 0 Å². The largest absolute Gasteiger partial charge is 0.506 e. The van der Waals surface area contributed by atoms with Crippen LogP contribution in [0.5, 0.6) is 5.75 Å². The van der Waals surface area contributed by atoms with E-state index in [4.69, 9.17) is 0 Å². The zero-order valence-corrected chi connectivity index (χ0v) is 16.2. The Balaban J connectivity index is 1.51. The zero-order chi connectivity index (χ0) is 21.5. The average Bonchev–Trinajstić information content (AvgIpc) is 3.04. The molecule has 0 saturated carbocycles. The van der Waals surface area contributed by atoms with Gasteiger partial charge in [0.15, 0.2) is 5.65 Å². The average molecular weight is 433 g/mol. The van der Waals surface area contributed by atoms with Crippen LogP contribution >= 0.6 is 11.8 Å². The lowest BCUT2D eigenvalue weighted by atomic mass is 10.1. The van der Waals surface area contributed by atoms with E-state index in [9.17, 15) is 23.1 Å². The lowest BCUT2D eigenvalue weighted by molar-refractivity contribution is -0.137. The molecule has 0 bridgehead atoms. The zero-order valence-electron chi connectivity index (χ0n) is 15.4. The second kappa shape index (κ2) is 7.48. The molecular formula is C19H14F3N5O2S. The first-order valence-corrected chi connectivity index (χ1v) is 9.65. The van der Waals surface area contributed by atoms with E-state index in [0.29, 0.717) is 11.2 Å². The number of thioether (sulfide) groups is 1. The SMILES string of the molecule is Cc1ccc2[nH]c3nc(SCC(=O)Nc4c(O)cccc4C(F)(F)F)nnc3c2c1. The fourth-order valence-electron chi connectivity index (χ4n) is 2.94. The summed E-state index contributed by atoms with van der Waals surface area (Å²) < 4.78 is 39.3. The van der Waals surface area contributed by atoms with Gasteiger partial charge in [-0.1, -0.05) is 29.5 Å². The molecule has 2 heterocycles. The number of aromatic hydroxyl groups is 1. The first-order valence-electron chi connectivity index (χ1n) is 8.67. The van der Waals surface area contributed by atoms with Crippen molar-refractivity contribution >= 4 is 45.4 Å². The van der Waals surface area contributed by atoms with E-state index in [1.54, 1.807) is 0 Å². The van der Waals surface area contributed by atoms with Crippen molar-refractivity contribution in [1.82, 2.24) is 20.2 Å². The van der Waals surface area contributed by atoms with Gasteiger partial charge in [0.1, 0.15) is 11.3 Å². The van der Waals surface area contributed by atoms with Gasteiger partial charge in [0.2, 0.25) is 11.1 Å². The number of fused-ring (bicyclic) bond motifs is 3. The molecule has 0 atom stereocenters. The Morgan fingerprint density at radius 1 is 1.23 bits per heavy atom. The molecule has 0 saturated heterocycles. The fraction of sp³-hybridized carbons (Fsp3) is 0.158. The minimum Gasteiger partial charge on any atom is -0.506 e. The van der Waals surface area contributed by atoms with Crippen LogP contribution in [0.2, 0.25) is 0 Å². The maximum Gasteiger partial charge on any atom is 0.418 e. The number of nitrogens with zero attached hydrogens (tertiary/aromatic N) is 3. The number of carbonyl (C=O) groups is 1. The molecule has 1 amide bonds. The number of rotatable bonds is 4. The quantitative estimate of drug-likeness (QED) is 0.328. The second-order valence-electron chi connectivity index (χ2n) is 6.50. The van der Waals surface area contributed by atoms with Crippen LogP contribution in [0, 0.1) is 6.92 Å². The molecule has 0 fully saturated rings. The molecule has 7 nitrogen and oxygen atoms in total. The molecule has 30 heavy (non-hydrogen) atoms. The van der Waals surface area contributed by atoms with E-state index < -0.39 is 29.1 Å². The van der Waals surface area contributed by atoms with Crippen LogP contribution in [-0.4, -0.2) is 36.9 Å². The number of nitrogens with one attached hydrogen (secondary N) is 2. The van der Waals surface area contributed by atoms with E-state index in [1.165, 1.54) is 0 Å². The molecule has 11 heteroatoms. The second-order valence-corrected chi connectivity index (χ2v) is 7.44. The summed E-state index contributed by atoms with van der Waals surface area (Å²) in [4.78, 5) is 19.6. The summed E-state index contributed by atoms with van der Waals surface area (Å²) in [6.07, 6.45) is -4.72. The van der Waals surface area contributed by atoms with E-state index in [1.807, 2.05) is 25.1 Å². The Morgan fingerprint density at radius 3 is 2.80 bits per heavy atom. The van der Waals surface area contributed by atoms with Crippen molar-refractivity contribution in [1.29, 1.82) is 0 Å². The van der Waals surface area contributed by atoms with Gasteiger partial charge in [-0.15, -0.1) is 10.2 Å². The summed E-state index contributed by atoms with van der Waals surface area (Å²) in [5.74, 6) is -1.68. The molecule has 154 valence electrons. The molecule has 4 rings (SSSR count). The van der Waals surface area contributed by atoms with Crippen molar-refractivity contribution in [3.8, 4) is 5.75 Å². The van der Waals surface area contributed by atoms with Crippen molar-refractivity contribution in [3.63, 3.8) is 0 Å². The predicted octanol–water partition coefficient (Wildman–Crippen LogP) is 4.27. The van der Waals surface area contributed by atoms with Gasteiger partial charge < -0.3 is 15.4 Å². The number of amides is 1. The lowest BCUT2D eigenvalue weighted by Crippen LogP contribution is -2.18. The van der Waals surface area contributed by atoms with Crippen LogP contribution in [0.4, 0.5) is 18.9 Å². The normalized spacial score (nSPS) is 11.9. The Kier molecular flexibility index (Phi) is 4.98. The highest BCUT2D eigenvalue weighted by Gasteiger charge is 2.35. The van der Waals surface area contributed by atoms with Crippen molar-refractivity contribution in [2.45, 2.75) is 18.3 Å². The van der Waals surface area contributed by atoms with Gasteiger partial charge in [0.25, 0.3) is 0 Å².